The van der Waals surface area contributed by atoms with Gasteiger partial charge in [0.25, 0.3) is 5.91 Å². The standard InChI is InChI=1S/C17H22N2O3/c1-3-4-11-19-14-8-6-5-7-13(14)12(2)16(19)17(22)18-10-9-15(20)21/h5-8H,3-4,9-11H2,1-2H3,(H,18,22)(H,20,21). The van der Waals surface area contributed by atoms with E-state index in [0.717, 1.165) is 35.9 Å². The number of unbranched alkanes of at least 4 members (excludes halogenated alkanes) is 1. The van der Waals surface area contributed by atoms with Crippen LogP contribution < -0.4 is 5.32 Å². The number of aliphatic carboxylic acids is 1. The highest BCUT2D eigenvalue weighted by Crippen LogP contribution is 2.26. The third-order valence-electron chi connectivity index (χ3n) is 3.80. The molecular formula is C17H22N2O3. The number of para-hydroxylation sites is 1. The smallest absolute Gasteiger partial charge is 0.305 e. The molecule has 0 saturated heterocycles. The van der Waals surface area contributed by atoms with Crippen molar-refractivity contribution in [2.24, 2.45) is 0 Å². The fourth-order valence-electron chi connectivity index (χ4n) is 2.68. The summed E-state index contributed by atoms with van der Waals surface area (Å²) in [7, 11) is 0. The first-order valence-corrected chi connectivity index (χ1v) is 7.64. The molecule has 0 aliphatic carbocycles. The van der Waals surface area contributed by atoms with E-state index in [4.69, 9.17) is 5.11 Å². The van der Waals surface area contributed by atoms with Gasteiger partial charge in [0.05, 0.1) is 6.42 Å². The summed E-state index contributed by atoms with van der Waals surface area (Å²) in [6.07, 6.45) is 1.97. The zero-order chi connectivity index (χ0) is 16.1. The zero-order valence-corrected chi connectivity index (χ0v) is 13.1. The maximum atomic E-state index is 12.5. The quantitative estimate of drug-likeness (QED) is 0.826. The summed E-state index contributed by atoms with van der Waals surface area (Å²) in [5.41, 5.74) is 2.64. The van der Waals surface area contributed by atoms with E-state index in [1.54, 1.807) is 0 Å². The molecule has 0 bridgehead atoms. The number of benzene rings is 1. The molecule has 22 heavy (non-hydrogen) atoms. The van der Waals surface area contributed by atoms with E-state index in [0.29, 0.717) is 5.69 Å². The third kappa shape index (κ3) is 3.30. The van der Waals surface area contributed by atoms with Crippen LogP contribution in [0.2, 0.25) is 0 Å². The number of aromatic nitrogens is 1. The maximum absolute atomic E-state index is 12.5. The van der Waals surface area contributed by atoms with Crippen molar-refractivity contribution in [3.63, 3.8) is 0 Å². The van der Waals surface area contributed by atoms with Gasteiger partial charge < -0.3 is 15.0 Å². The van der Waals surface area contributed by atoms with E-state index >= 15 is 0 Å². The van der Waals surface area contributed by atoms with Crippen molar-refractivity contribution in [3.05, 3.63) is 35.5 Å². The molecule has 0 unspecified atom stereocenters. The second-order valence-electron chi connectivity index (χ2n) is 5.40. The highest BCUT2D eigenvalue weighted by atomic mass is 16.4. The molecule has 0 aliphatic heterocycles. The van der Waals surface area contributed by atoms with Gasteiger partial charge in [0.2, 0.25) is 0 Å². The summed E-state index contributed by atoms with van der Waals surface area (Å²) < 4.78 is 2.05. The summed E-state index contributed by atoms with van der Waals surface area (Å²) in [5.74, 6) is -1.12. The second kappa shape index (κ2) is 7.11. The monoisotopic (exact) mass is 302 g/mol. The molecule has 0 fully saturated rings. The Hall–Kier alpha value is -2.30. The number of fused-ring (bicyclic) bond motifs is 1. The molecule has 5 nitrogen and oxygen atoms in total. The van der Waals surface area contributed by atoms with Crippen LogP contribution in [0.15, 0.2) is 24.3 Å². The number of aryl methyl sites for hydroxylation is 2. The highest BCUT2D eigenvalue weighted by Gasteiger charge is 2.19. The fourth-order valence-corrected chi connectivity index (χ4v) is 2.68. The van der Waals surface area contributed by atoms with Crippen molar-refractivity contribution >= 4 is 22.8 Å². The van der Waals surface area contributed by atoms with Crippen molar-refractivity contribution in [3.8, 4) is 0 Å². The fraction of sp³-hybridized carbons (Fsp3) is 0.412. The number of carboxylic acid groups (broad SMARTS) is 1. The summed E-state index contributed by atoms with van der Waals surface area (Å²) in [6, 6.07) is 7.97. The molecule has 2 rings (SSSR count). The molecule has 0 saturated carbocycles. The van der Waals surface area contributed by atoms with Gasteiger partial charge in [0, 0.05) is 24.0 Å². The molecule has 1 heterocycles. The van der Waals surface area contributed by atoms with Gasteiger partial charge in [0.1, 0.15) is 5.69 Å². The van der Waals surface area contributed by atoms with Crippen LogP contribution in [-0.4, -0.2) is 28.1 Å². The molecule has 2 N–H and O–H groups in total. The van der Waals surface area contributed by atoms with E-state index in [9.17, 15) is 9.59 Å². The first kappa shape index (κ1) is 16.1. The average Bonchev–Trinajstić information content (AvgIpc) is 2.78. The molecule has 0 radical (unpaired) electrons. The lowest BCUT2D eigenvalue weighted by Crippen LogP contribution is -2.28. The number of hydrogen-bond donors (Lipinski definition) is 2. The number of carbonyl (C=O) groups is 2. The molecule has 1 aromatic heterocycles. The van der Waals surface area contributed by atoms with Gasteiger partial charge in [-0.1, -0.05) is 31.5 Å². The van der Waals surface area contributed by atoms with Crippen LogP contribution in [0.3, 0.4) is 0 Å². The molecule has 0 aliphatic rings. The van der Waals surface area contributed by atoms with Crippen LogP contribution in [0.5, 0.6) is 0 Å². The van der Waals surface area contributed by atoms with Crippen molar-refractivity contribution in [1.82, 2.24) is 9.88 Å². The number of hydrogen-bond acceptors (Lipinski definition) is 2. The zero-order valence-electron chi connectivity index (χ0n) is 13.1. The van der Waals surface area contributed by atoms with Crippen LogP contribution in [0, 0.1) is 6.92 Å². The Labute approximate surface area is 129 Å². The summed E-state index contributed by atoms with van der Waals surface area (Å²) >= 11 is 0. The molecule has 1 amide bonds. The van der Waals surface area contributed by atoms with E-state index < -0.39 is 5.97 Å². The lowest BCUT2D eigenvalue weighted by atomic mass is 10.1. The van der Waals surface area contributed by atoms with Gasteiger partial charge in [-0.2, -0.15) is 0 Å². The Balaban J connectivity index is 2.35. The molecule has 118 valence electrons. The van der Waals surface area contributed by atoms with Crippen molar-refractivity contribution in [2.45, 2.75) is 39.7 Å². The Morgan fingerprint density at radius 2 is 2.00 bits per heavy atom. The van der Waals surface area contributed by atoms with Gasteiger partial charge in [0.15, 0.2) is 0 Å². The predicted octanol–water partition coefficient (Wildman–Crippen LogP) is 2.95. The molecule has 1 aromatic carbocycles. The predicted molar refractivity (Wildman–Crippen MR) is 86.2 cm³/mol. The Morgan fingerprint density at radius 3 is 2.68 bits per heavy atom. The third-order valence-corrected chi connectivity index (χ3v) is 3.80. The van der Waals surface area contributed by atoms with Gasteiger partial charge in [-0.15, -0.1) is 0 Å². The molecule has 5 heteroatoms. The minimum Gasteiger partial charge on any atom is -0.481 e. The normalized spacial score (nSPS) is 10.8. The van der Waals surface area contributed by atoms with Crippen molar-refractivity contribution < 1.29 is 14.7 Å². The van der Waals surface area contributed by atoms with Crippen molar-refractivity contribution in [2.75, 3.05) is 6.54 Å². The Morgan fingerprint density at radius 1 is 1.27 bits per heavy atom. The van der Waals surface area contributed by atoms with Gasteiger partial charge in [-0.05, 0) is 25.0 Å². The average molecular weight is 302 g/mol. The Bertz CT molecular complexity index is 689. The van der Waals surface area contributed by atoms with Crippen LogP contribution >= 0.6 is 0 Å². The molecule has 2 aromatic rings. The molecule has 0 spiro atoms. The molecule has 0 atom stereocenters. The number of rotatable bonds is 7. The topological polar surface area (TPSA) is 71.3 Å². The lowest BCUT2D eigenvalue weighted by Gasteiger charge is -2.11. The highest BCUT2D eigenvalue weighted by molar-refractivity contribution is 6.01. The summed E-state index contributed by atoms with van der Waals surface area (Å²) in [5, 5.41) is 12.5. The SMILES string of the molecule is CCCCn1c(C(=O)NCCC(=O)O)c(C)c2ccccc21. The van der Waals surface area contributed by atoms with Crippen molar-refractivity contribution in [1.29, 1.82) is 0 Å². The number of amides is 1. The number of carboxylic acids is 1. The summed E-state index contributed by atoms with van der Waals surface area (Å²) in [6.45, 7) is 4.98. The van der Waals surface area contributed by atoms with Crippen LogP contribution in [-0.2, 0) is 11.3 Å². The van der Waals surface area contributed by atoms with E-state index in [-0.39, 0.29) is 18.9 Å². The van der Waals surface area contributed by atoms with Crippen LogP contribution in [0.1, 0.15) is 42.2 Å². The van der Waals surface area contributed by atoms with Gasteiger partial charge in [-0.25, -0.2) is 0 Å². The number of nitrogens with one attached hydrogen (secondary N) is 1. The maximum Gasteiger partial charge on any atom is 0.305 e. The minimum absolute atomic E-state index is 0.0695. The molecular weight excluding hydrogens is 280 g/mol. The largest absolute Gasteiger partial charge is 0.481 e. The first-order valence-electron chi connectivity index (χ1n) is 7.64. The van der Waals surface area contributed by atoms with E-state index in [1.165, 1.54) is 0 Å². The first-order chi connectivity index (χ1) is 10.6. The Kier molecular flexibility index (Phi) is 5.20. The second-order valence-corrected chi connectivity index (χ2v) is 5.40. The number of nitrogens with zero attached hydrogens (tertiary/aromatic N) is 1. The van der Waals surface area contributed by atoms with Gasteiger partial charge >= 0.3 is 5.97 Å². The van der Waals surface area contributed by atoms with E-state index in [1.807, 2.05) is 35.8 Å². The minimum atomic E-state index is -0.913. The van der Waals surface area contributed by atoms with Crippen LogP contribution in [0.25, 0.3) is 10.9 Å². The number of carbonyl (C=O) groups excluding carboxylic acids is 1. The van der Waals surface area contributed by atoms with Crippen LogP contribution in [0.4, 0.5) is 0 Å². The lowest BCUT2D eigenvalue weighted by molar-refractivity contribution is -0.136. The van der Waals surface area contributed by atoms with E-state index in [2.05, 4.69) is 12.2 Å². The van der Waals surface area contributed by atoms with Gasteiger partial charge in [-0.3, -0.25) is 9.59 Å². The summed E-state index contributed by atoms with van der Waals surface area (Å²) in [4.78, 5) is 23.1.